The molecule has 1 heterocycles. The van der Waals surface area contributed by atoms with E-state index in [1.165, 1.54) is 0 Å². The van der Waals surface area contributed by atoms with Crippen LogP contribution >= 0.6 is 0 Å². The number of nitrogens with one attached hydrogen (secondary N) is 3. The van der Waals surface area contributed by atoms with Crippen molar-refractivity contribution in [1.29, 1.82) is 0 Å². The number of likely N-dealkylation sites (tertiary alicyclic amines) is 1. The van der Waals surface area contributed by atoms with Crippen molar-refractivity contribution in [3.8, 4) is 0 Å². The normalized spacial score (nSPS) is 25.7. The highest BCUT2D eigenvalue weighted by Crippen LogP contribution is 2.88. The highest BCUT2D eigenvalue weighted by Gasteiger charge is 2.85. The second-order valence-corrected chi connectivity index (χ2v) is 18.2. The van der Waals surface area contributed by atoms with E-state index in [-0.39, 0.29) is 34.5 Å². The van der Waals surface area contributed by atoms with E-state index in [1.54, 1.807) is 39.5 Å². The summed E-state index contributed by atoms with van der Waals surface area (Å²) >= 11 is 0. The minimum atomic E-state index is -1.09. The molecular weight excluding hydrogens is 614 g/mol. The number of amides is 5. The zero-order chi connectivity index (χ0) is 36.3. The molecule has 2 unspecified atom stereocenters. The summed E-state index contributed by atoms with van der Waals surface area (Å²) in [6, 6.07) is -2.91. The molecule has 1 aliphatic heterocycles. The van der Waals surface area contributed by atoms with Crippen molar-refractivity contribution in [3.05, 3.63) is 0 Å². The van der Waals surface area contributed by atoms with Gasteiger partial charge < -0.3 is 31.3 Å². The van der Waals surface area contributed by atoms with E-state index in [2.05, 4.69) is 29.8 Å². The van der Waals surface area contributed by atoms with Crippen LogP contribution in [0.1, 0.15) is 127 Å². The summed E-state index contributed by atoms with van der Waals surface area (Å²) in [7, 11) is 0. The van der Waals surface area contributed by atoms with Crippen molar-refractivity contribution in [1.82, 2.24) is 20.9 Å². The number of carbonyl (C=O) groups excluding carboxylic acids is 6. The van der Waals surface area contributed by atoms with Gasteiger partial charge in [-0.05, 0) is 82.5 Å². The fraction of sp³-hybridized carbons (Fsp3) is 0.833. The van der Waals surface area contributed by atoms with Crippen molar-refractivity contribution in [3.63, 3.8) is 0 Å². The topological polar surface area (TPSA) is 177 Å². The molecule has 4 atom stereocenters. The first-order chi connectivity index (χ1) is 21.9. The van der Waals surface area contributed by atoms with Gasteiger partial charge in [0, 0.05) is 23.9 Å². The van der Waals surface area contributed by atoms with Crippen molar-refractivity contribution >= 4 is 35.5 Å². The van der Waals surface area contributed by atoms with Crippen LogP contribution in [-0.4, -0.2) is 76.2 Å². The molecule has 5 amide bonds. The van der Waals surface area contributed by atoms with Gasteiger partial charge in [0.1, 0.15) is 17.7 Å². The van der Waals surface area contributed by atoms with E-state index in [0.29, 0.717) is 19.4 Å². The third-order valence-corrected chi connectivity index (χ3v) is 11.9. The molecule has 5 N–H and O–H groups in total. The average molecular weight is 674 g/mol. The Morgan fingerprint density at radius 1 is 0.896 bits per heavy atom. The van der Waals surface area contributed by atoms with Crippen LogP contribution < -0.4 is 21.7 Å². The van der Waals surface area contributed by atoms with Gasteiger partial charge in [-0.1, -0.05) is 60.3 Å². The highest BCUT2D eigenvalue weighted by atomic mass is 16.6. The number of nitrogens with two attached hydrogens (primary N) is 1. The van der Waals surface area contributed by atoms with Crippen molar-refractivity contribution < 1.29 is 33.5 Å². The fourth-order valence-electron chi connectivity index (χ4n) is 8.85. The number of alkyl carbamates (subject to hydrolysis) is 1. The van der Waals surface area contributed by atoms with Crippen LogP contribution in [0.25, 0.3) is 0 Å². The highest BCUT2D eigenvalue weighted by molar-refractivity contribution is 6.37. The Labute approximate surface area is 285 Å². The van der Waals surface area contributed by atoms with Gasteiger partial charge >= 0.3 is 6.09 Å². The lowest BCUT2D eigenvalue weighted by Gasteiger charge is -2.37. The van der Waals surface area contributed by atoms with Gasteiger partial charge in [-0.25, -0.2) is 4.79 Å². The maximum Gasteiger partial charge on any atom is 0.408 e. The van der Waals surface area contributed by atoms with Crippen LogP contribution in [-0.2, 0) is 28.7 Å². The number of carbonyl (C=O) groups is 6. The van der Waals surface area contributed by atoms with E-state index >= 15 is 0 Å². The minimum absolute atomic E-state index is 0.0275. The lowest BCUT2D eigenvalue weighted by Crippen LogP contribution is -2.59. The zero-order valence-corrected chi connectivity index (χ0v) is 30.8. The molecule has 0 bridgehead atoms. The molecule has 2 spiro atoms. The number of hydrogen-bond acceptors (Lipinski definition) is 7. The Balaban J connectivity index is 1.58. The molecule has 3 aliphatic carbocycles. The first-order valence-corrected chi connectivity index (χ1v) is 17.6. The number of ketones is 1. The third kappa shape index (κ3) is 7.08. The number of nitrogens with zero attached hydrogens (tertiary/aromatic N) is 1. The lowest BCUT2D eigenvalue weighted by molar-refractivity contribution is -0.145. The number of ether oxygens (including phenoxy) is 1. The van der Waals surface area contributed by atoms with Gasteiger partial charge in [-0.2, -0.15) is 0 Å². The molecule has 3 saturated carbocycles. The van der Waals surface area contributed by atoms with E-state index in [4.69, 9.17) is 10.5 Å². The Kier molecular flexibility index (Phi) is 9.89. The number of primary amides is 1. The molecular formula is C36H59N5O7. The van der Waals surface area contributed by atoms with Gasteiger partial charge in [-0.3, -0.25) is 24.0 Å². The van der Waals surface area contributed by atoms with Gasteiger partial charge in [0.2, 0.25) is 23.5 Å². The molecule has 4 fully saturated rings. The quantitative estimate of drug-likeness (QED) is 0.242. The van der Waals surface area contributed by atoms with Crippen molar-refractivity contribution in [2.45, 2.75) is 156 Å². The molecule has 0 aromatic rings. The summed E-state index contributed by atoms with van der Waals surface area (Å²) in [6.07, 6.45) is 6.04. The molecule has 0 aromatic carbocycles. The standard InChI is InChI=1S/C36H59N5O7/c1-31(2,3)26(39-24(42)19-33(7,8)40-30(47)48-32(4,5)6)29(46)41-20-36(34(9,10)35(36)15-12-16-35)18-23(41)28(45)38-22(25(43)27(37)44)17-21-13-11-14-21/h21-23,26H,11-20H2,1-10H3,(H2,37,44)(H,38,45)(H,39,42)(H,40,47)/t22?,23?,26-,36-/m1/s1. The Bertz CT molecular complexity index is 1330. The first kappa shape index (κ1) is 37.6. The summed E-state index contributed by atoms with van der Waals surface area (Å²) < 4.78 is 5.36. The molecule has 4 rings (SSSR count). The summed E-state index contributed by atoms with van der Waals surface area (Å²) in [5, 5.41) is 8.51. The first-order valence-electron chi connectivity index (χ1n) is 17.6. The summed E-state index contributed by atoms with van der Waals surface area (Å²) in [6.45, 7) is 19.0. The van der Waals surface area contributed by atoms with Gasteiger partial charge in [-0.15, -0.1) is 0 Å². The summed E-state index contributed by atoms with van der Waals surface area (Å²) in [5.74, 6) is -2.98. The molecule has 270 valence electrons. The molecule has 48 heavy (non-hydrogen) atoms. The fourth-order valence-corrected chi connectivity index (χ4v) is 8.85. The summed E-state index contributed by atoms with van der Waals surface area (Å²) in [5.41, 5.74) is 2.62. The van der Waals surface area contributed by atoms with Crippen LogP contribution in [0.4, 0.5) is 4.79 Å². The van der Waals surface area contributed by atoms with Crippen LogP contribution in [0.2, 0.25) is 0 Å². The molecule has 0 radical (unpaired) electrons. The van der Waals surface area contributed by atoms with E-state index in [0.717, 1.165) is 38.5 Å². The van der Waals surface area contributed by atoms with E-state index < -0.39 is 64.3 Å². The van der Waals surface area contributed by atoms with Gasteiger partial charge in [0.15, 0.2) is 0 Å². The minimum Gasteiger partial charge on any atom is -0.444 e. The Morgan fingerprint density at radius 3 is 1.94 bits per heavy atom. The second-order valence-electron chi connectivity index (χ2n) is 18.2. The Hall–Kier alpha value is -3.18. The lowest BCUT2D eigenvalue weighted by atomic mass is 9.73. The van der Waals surface area contributed by atoms with Crippen LogP contribution in [0, 0.1) is 27.6 Å². The monoisotopic (exact) mass is 673 g/mol. The molecule has 4 aliphatic rings. The van der Waals surface area contributed by atoms with E-state index in [9.17, 15) is 28.8 Å². The van der Waals surface area contributed by atoms with Gasteiger partial charge in [0.25, 0.3) is 5.91 Å². The maximum absolute atomic E-state index is 14.6. The third-order valence-electron chi connectivity index (χ3n) is 11.9. The van der Waals surface area contributed by atoms with Crippen LogP contribution in [0.3, 0.4) is 0 Å². The van der Waals surface area contributed by atoms with E-state index in [1.807, 2.05) is 20.8 Å². The largest absolute Gasteiger partial charge is 0.444 e. The predicted molar refractivity (Wildman–Crippen MR) is 180 cm³/mol. The molecule has 1 saturated heterocycles. The Morgan fingerprint density at radius 2 is 1.50 bits per heavy atom. The van der Waals surface area contributed by atoms with Crippen LogP contribution in [0.15, 0.2) is 0 Å². The predicted octanol–water partition coefficient (Wildman–Crippen LogP) is 3.74. The number of rotatable bonds is 11. The molecule has 0 aromatic heterocycles. The molecule has 12 heteroatoms. The molecule has 12 nitrogen and oxygen atoms in total. The second kappa shape index (κ2) is 12.6. The van der Waals surface area contributed by atoms with Crippen molar-refractivity contribution in [2.24, 2.45) is 33.3 Å². The SMILES string of the molecule is CC(C)(CC(=O)N[C@H](C(=O)N1C[C@]2(CC1C(=O)NC(CC1CCC1)C(=O)C(N)=O)C(C)(C)C21CCC1)C(C)(C)C)NC(=O)OC(C)(C)C. The van der Waals surface area contributed by atoms with Gasteiger partial charge in [0.05, 0.1) is 6.04 Å². The zero-order valence-electron chi connectivity index (χ0n) is 30.8. The number of fused-ring (bicyclic) bond motifs is 1. The van der Waals surface area contributed by atoms with Crippen molar-refractivity contribution in [2.75, 3.05) is 6.54 Å². The maximum atomic E-state index is 14.6. The smallest absolute Gasteiger partial charge is 0.408 e. The average Bonchev–Trinajstić information content (AvgIpc) is 3.10. The van der Waals surface area contributed by atoms with Crippen LogP contribution in [0.5, 0.6) is 0 Å². The number of Topliss-reactive ketones (excluding diaryl/α,β-unsaturated/α-hetero) is 1. The summed E-state index contributed by atoms with van der Waals surface area (Å²) in [4.78, 5) is 81.2. The number of hydrogen-bond donors (Lipinski definition) is 4.